The van der Waals surface area contributed by atoms with Gasteiger partial charge in [0.05, 0.1) is 24.1 Å². The standard InChI is InChI=1S/C12H15BrO3/c1-4-16-11-6-5-9(7-10(11)13)8(2)12(14)15-3/h5-8H,4H2,1-3H3. The molecule has 3 nitrogen and oxygen atoms in total. The number of esters is 1. The van der Waals surface area contributed by atoms with Crippen LogP contribution in [0.1, 0.15) is 25.3 Å². The van der Waals surface area contributed by atoms with Gasteiger partial charge in [0.2, 0.25) is 0 Å². The van der Waals surface area contributed by atoms with Crippen molar-refractivity contribution in [2.75, 3.05) is 13.7 Å². The van der Waals surface area contributed by atoms with E-state index in [1.807, 2.05) is 32.0 Å². The third-order valence-corrected chi connectivity index (χ3v) is 2.93. The van der Waals surface area contributed by atoms with E-state index in [0.717, 1.165) is 15.8 Å². The Hall–Kier alpha value is -1.03. The molecule has 0 bridgehead atoms. The third-order valence-electron chi connectivity index (χ3n) is 2.31. The van der Waals surface area contributed by atoms with E-state index in [0.29, 0.717) is 6.61 Å². The van der Waals surface area contributed by atoms with Crippen molar-refractivity contribution < 1.29 is 14.3 Å². The first kappa shape index (κ1) is 13.0. The molecule has 0 amide bonds. The summed E-state index contributed by atoms with van der Waals surface area (Å²) in [6, 6.07) is 5.60. The fourth-order valence-corrected chi connectivity index (χ4v) is 1.88. The van der Waals surface area contributed by atoms with Crippen molar-refractivity contribution >= 4 is 21.9 Å². The van der Waals surface area contributed by atoms with Crippen LogP contribution >= 0.6 is 15.9 Å². The summed E-state index contributed by atoms with van der Waals surface area (Å²) in [7, 11) is 1.39. The van der Waals surface area contributed by atoms with Crippen molar-refractivity contribution in [3.63, 3.8) is 0 Å². The predicted octanol–water partition coefficient (Wildman–Crippen LogP) is 3.12. The highest BCUT2D eigenvalue weighted by Crippen LogP contribution is 2.29. The number of halogens is 1. The summed E-state index contributed by atoms with van der Waals surface area (Å²) in [5, 5.41) is 0. The van der Waals surface area contributed by atoms with Crippen LogP contribution < -0.4 is 4.74 Å². The van der Waals surface area contributed by atoms with E-state index in [1.165, 1.54) is 7.11 Å². The van der Waals surface area contributed by atoms with E-state index < -0.39 is 0 Å². The highest BCUT2D eigenvalue weighted by atomic mass is 79.9. The Labute approximate surface area is 104 Å². The average Bonchev–Trinajstić information content (AvgIpc) is 2.30. The van der Waals surface area contributed by atoms with Gasteiger partial charge in [-0.1, -0.05) is 6.07 Å². The molecule has 0 heterocycles. The van der Waals surface area contributed by atoms with Gasteiger partial charge in [-0.3, -0.25) is 4.79 Å². The molecule has 0 aliphatic rings. The summed E-state index contributed by atoms with van der Waals surface area (Å²) in [6.07, 6.45) is 0. The highest BCUT2D eigenvalue weighted by Gasteiger charge is 2.16. The van der Waals surface area contributed by atoms with E-state index >= 15 is 0 Å². The fourth-order valence-electron chi connectivity index (χ4n) is 1.37. The lowest BCUT2D eigenvalue weighted by Crippen LogP contribution is -2.10. The van der Waals surface area contributed by atoms with Crippen molar-refractivity contribution in [2.24, 2.45) is 0 Å². The summed E-state index contributed by atoms with van der Waals surface area (Å²) in [5.41, 5.74) is 0.905. The van der Waals surface area contributed by atoms with Gasteiger partial charge in [0.15, 0.2) is 0 Å². The second-order valence-electron chi connectivity index (χ2n) is 3.37. The second-order valence-corrected chi connectivity index (χ2v) is 4.22. The molecule has 1 unspecified atom stereocenters. The van der Waals surface area contributed by atoms with Gasteiger partial charge in [-0.15, -0.1) is 0 Å². The minimum absolute atomic E-state index is 0.240. The predicted molar refractivity (Wildman–Crippen MR) is 65.7 cm³/mol. The monoisotopic (exact) mass is 286 g/mol. The quantitative estimate of drug-likeness (QED) is 0.798. The fraction of sp³-hybridized carbons (Fsp3) is 0.417. The minimum atomic E-state index is -0.267. The van der Waals surface area contributed by atoms with E-state index in [2.05, 4.69) is 15.9 Å². The van der Waals surface area contributed by atoms with Gasteiger partial charge in [-0.2, -0.15) is 0 Å². The van der Waals surface area contributed by atoms with Crippen LogP contribution in [-0.4, -0.2) is 19.7 Å². The van der Waals surface area contributed by atoms with Crippen LogP contribution in [0.5, 0.6) is 5.75 Å². The molecule has 0 spiro atoms. The number of carbonyl (C=O) groups excluding carboxylic acids is 1. The molecule has 1 rings (SSSR count). The van der Waals surface area contributed by atoms with E-state index in [9.17, 15) is 4.79 Å². The Morgan fingerprint density at radius 3 is 2.69 bits per heavy atom. The molecule has 0 fully saturated rings. The Bertz CT molecular complexity index is 377. The van der Waals surface area contributed by atoms with Crippen molar-refractivity contribution in [1.29, 1.82) is 0 Å². The number of methoxy groups -OCH3 is 1. The van der Waals surface area contributed by atoms with Gasteiger partial charge in [-0.25, -0.2) is 0 Å². The van der Waals surface area contributed by atoms with Crippen molar-refractivity contribution in [1.82, 2.24) is 0 Å². The Balaban J connectivity index is 2.92. The SMILES string of the molecule is CCOc1ccc(C(C)C(=O)OC)cc1Br. The molecule has 0 saturated heterocycles. The first-order valence-corrected chi connectivity index (χ1v) is 5.89. The zero-order chi connectivity index (χ0) is 12.1. The van der Waals surface area contributed by atoms with Gasteiger partial charge in [-0.05, 0) is 47.5 Å². The molecule has 4 heteroatoms. The third kappa shape index (κ3) is 2.98. The van der Waals surface area contributed by atoms with Gasteiger partial charge in [0.25, 0.3) is 0 Å². The van der Waals surface area contributed by atoms with Gasteiger partial charge < -0.3 is 9.47 Å². The lowest BCUT2D eigenvalue weighted by Gasteiger charge is -2.12. The molecule has 0 N–H and O–H groups in total. The largest absolute Gasteiger partial charge is 0.493 e. The van der Waals surface area contributed by atoms with Gasteiger partial charge in [0, 0.05) is 0 Å². The van der Waals surface area contributed by atoms with E-state index in [1.54, 1.807) is 0 Å². The zero-order valence-electron chi connectivity index (χ0n) is 9.62. The molecule has 0 aromatic heterocycles. The zero-order valence-corrected chi connectivity index (χ0v) is 11.2. The number of hydrogen-bond acceptors (Lipinski definition) is 3. The number of hydrogen-bond donors (Lipinski definition) is 0. The number of carbonyl (C=O) groups is 1. The van der Waals surface area contributed by atoms with E-state index in [-0.39, 0.29) is 11.9 Å². The summed E-state index contributed by atoms with van der Waals surface area (Å²) < 4.78 is 10.9. The summed E-state index contributed by atoms with van der Waals surface area (Å²) in [4.78, 5) is 11.4. The van der Waals surface area contributed by atoms with Crippen LogP contribution in [0.4, 0.5) is 0 Å². The van der Waals surface area contributed by atoms with Gasteiger partial charge in [0.1, 0.15) is 5.75 Å². The number of rotatable bonds is 4. The van der Waals surface area contributed by atoms with Crippen LogP contribution in [0.3, 0.4) is 0 Å². The molecule has 0 radical (unpaired) electrons. The minimum Gasteiger partial charge on any atom is -0.493 e. The lowest BCUT2D eigenvalue weighted by atomic mass is 10.0. The molecular formula is C12H15BrO3. The maximum absolute atomic E-state index is 11.4. The van der Waals surface area contributed by atoms with Crippen LogP contribution in [0, 0.1) is 0 Å². The smallest absolute Gasteiger partial charge is 0.312 e. The first-order valence-electron chi connectivity index (χ1n) is 5.10. The maximum Gasteiger partial charge on any atom is 0.312 e. The number of ether oxygens (including phenoxy) is 2. The normalized spacial score (nSPS) is 12.0. The number of benzene rings is 1. The molecular weight excluding hydrogens is 272 g/mol. The van der Waals surface area contributed by atoms with Crippen molar-refractivity contribution in [3.8, 4) is 5.75 Å². The van der Waals surface area contributed by atoms with Crippen LogP contribution in [0.15, 0.2) is 22.7 Å². The van der Waals surface area contributed by atoms with E-state index in [4.69, 9.17) is 9.47 Å². The average molecular weight is 287 g/mol. The van der Waals surface area contributed by atoms with Crippen LogP contribution in [-0.2, 0) is 9.53 Å². The Morgan fingerprint density at radius 2 is 2.19 bits per heavy atom. The maximum atomic E-state index is 11.4. The molecule has 16 heavy (non-hydrogen) atoms. The van der Waals surface area contributed by atoms with Crippen LogP contribution in [0.2, 0.25) is 0 Å². The molecule has 1 aromatic carbocycles. The highest BCUT2D eigenvalue weighted by molar-refractivity contribution is 9.10. The Kier molecular flexibility index (Phi) is 4.80. The molecule has 0 saturated carbocycles. The topological polar surface area (TPSA) is 35.5 Å². The summed E-state index contributed by atoms with van der Waals surface area (Å²) in [6.45, 7) is 4.36. The Morgan fingerprint density at radius 1 is 1.50 bits per heavy atom. The van der Waals surface area contributed by atoms with Gasteiger partial charge >= 0.3 is 5.97 Å². The molecule has 1 atom stereocenters. The lowest BCUT2D eigenvalue weighted by molar-refractivity contribution is -0.141. The summed E-state index contributed by atoms with van der Waals surface area (Å²) >= 11 is 3.41. The first-order chi connectivity index (χ1) is 7.60. The molecule has 88 valence electrons. The molecule has 0 aliphatic heterocycles. The van der Waals surface area contributed by atoms with Crippen LogP contribution in [0.25, 0.3) is 0 Å². The van der Waals surface area contributed by atoms with Crippen molar-refractivity contribution in [2.45, 2.75) is 19.8 Å². The molecule has 0 aliphatic carbocycles. The molecule has 1 aromatic rings. The van der Waals surface area contributed by atoms with Crippen molar-refractivity contribution in [3.05, 3.63) is 28.2 Å². The summed E-state index contributed by atoms with van der Waals surface area (Å²) in [5.74, 6) is 0.274. The second kappa shape index (κ2) is 5.89.